The zero-order valence-electron chi connectivity index (χ0n) is 14.4. The van der Waals surface area contributed by atoms with Gasteiger partial charge in [-0.2, -0.15) is 0 Å². The highest BCUT2D eigenvalue weighted by atomic mass is 35.5. The van der Waals surface area contributed by atoms with Gasteiger partial charge in [-0.25, -0.2) is 0 Å². The number of Topliss-reactive ketones (excluding diaryl/α,β-unsaturated/α-hetero) is 1. The molecule has 136 valence electrons. The molecule has 1 aromatic carbocycles. The Morgan fingerprint density at radius 3 is 2.48 bits per heavy atom. The fraction of sp³-hybridized carbons (Fsp3) is 0.526. The standard InChI is InChI=1S/C19H24ClNO4/c1-13-4-2-3-5-16(13)21-18(23)12-25-19(24)11-10-17(22)14-6-8-15(20)9-7-14/h6-9,13,16H,2-5,10-12H2,1H3,(H,21,23)/t13-,16-/m1/s1. The second-order valence-corrected chi connectivity index (χ2v) is 6.96. The van der Waals surface area contributed by atoms with Crippen molar-refractivity contribution in [1.82, 2.24) is 5.32 Å². The Balaban J connectivity index is 1.67. The number of ketones is 1. The maximum Gasteiger partial charge on any atom is 0.306 e. The summed E-state index contributed by atoms with van der Waals surface area (Å²) in [5.41, 5.74) is 0.501. The first-order chi connectivity index (χ1) is 12.0. The van der Waals surface area contributed by atoms with Crippen LogP contribution in [0.5, 0.6) is 0 Å². The van der Waals surface area contributed by atoms with Crippen molar-refractivity contribution in [3.8, 4) is 0 Å². The molecule has 1 aliphatic carbocycles. The number of ether oxygens (including phenoxy) is 1. The lowest BCUT2D eigenvalue weighted by atomic mass is 9.86. The Morgan fingerprint density at radius 2 is 1.80 bits per heavy atom. The Hall–Kier alpha value is -1.88. The number of hydrogen-bond donors (Lipinski definition) is 1. The molecule has 0 radical (unpaired) electrons. The maximum absolute atomic E-state index is 12.0. The molecule has 1 saturated carbocycles. The SMILES string of the molecule is C[C@@H]1CCCC[C@H]1NC(=O)COC(=O)CCC(=O)c1ccc(Cl)cc1. The van der Waals surface area contributed by atoms with Gasteiger partial charge in [-0.1, -0.05) is 31.4 Å². The fourth-order valence-electron chi connectivity index (χ4n) is 2.99. The van der Waals surface area contributed by atoms with E-state index in [1.165, 1.54) is 6.42 Å². The summed E-state index contributed by atoms with van der Waals surface area (Å²) >= 11 is 5.77. The van der Waals surface area contributed by atoms with Crippen molar-refractivity contribution >= 4 is 29.3 Å². The van der Waals surface area contributed by atoms with Crippen LogP contribution in [-0.4, -0.2) is 30.3 Å². The first-order valence-corrected chi connectivity index (χ1v) is 9.07. The highest BCUT2D eigenvalue weighted by Gasteiger charge is 2.23. The average molecular weight is 366 g/mol. The van der Waals surface area contributed by atoms with Gasteiger partial charge in [0.1, 0.15) is 0 Å². The third kappa shape index (κ3) is 6.50. The molecule has 1 aliphatic rings. The largest absolute Gasteiger partial charge is 0.456 e. The van der Waals surface area contributed by atoms with Crippen molar-refractivity contribution in [1.29, 1.82) is 0 Å². The number of carbonyl (C=O) groups is 3. The van der Waals surface area contributed by atoms with Gasteiger partial charge in [-0.15, -0.1) is 0 Å². The molecule has 0 bridgehead atoms. The summed E-state index contributed by atoms with van der Waals surface area (Å²) in [6.07, 6.45) is 4.39. The number of rotatable bonds is 7. The molecule has 1 fully saturated rings. The van der Waals surface area contributed by atoms with E-state index in [2.05, 4.69) is 12.2 Å². The number of benzene rings is 1. The molecular formula is C19H24ClNO4. The Labute approximate surface area is 153 Å². The molecule has 0 saturated heterocycles. The van der Waals surface area contributed by atoms with E-state index in [1.54, 1.807) is 24.3 Å². The van der Waals surface area contributed by atoms with Crippen molar-refractivity contribution in [3.63, 3.8) is 0 Å². The van der Waals surface area contributed by atoms with E-state index in [1.807, 2.05) is 0 Å². The van der Waals surface area contributed by atoms with Crippen molar-refractivity contribution in [2.45, 2.75) is 51.5 Å². The number of hydrogen-bond acceptors (Lipinski definition) is 4. The molecule has 2 atom stereocenters. The van der Waals surface area contributed by atoms with E-state index in [0.29, 0.717) is 16.5 Å². The van der Waals surface area contributed by atoms with Gasteiger partial charge in [-0.3, -0.25) is 14.4 Å². The van der Waals surface area contributed by atoms with Gasteiger partial charge in [0.2, 0.25) is 0 Å². The van der Waals surface area contributed by atoms with E-state index in [0.717, 1.165) is 19.3 Å². The highest BCUT2D eigenvalue weighted by molar-refractivity contribution is 6.30. The molecule has 0 unspecified atom stereocenters. The molecule has 6 heteroatoms. The molecular weight excluding hydrogens is 342 g/mol. The maximum atomic E-state index is 12.0. The zero-order valence-corrected chi connectivity index (χ0v) is 15.2. The fourth-order valence-corrected chi connectivity index (χ4v) is 3.12. The molecule has 2 rings (SSSR count). The quantitative estimate of drug-likeness (QED) is 0.592. The van der Waals surface area contributed by atoms with E-state index >= 15 is 0 Å². The van der Waals surface area contributed by atoms with E-state index in [-0.39, 0.29) is 37.2 Å². The Morgan fingerprint density at radius 1 is 1.12 bits per heavy atom. The van der Waals surface area contributed by atoms with Crippen LogP contribution in [0.3, 0.4) is 0 Å². The van der Waals surface area contributed by atoms with Gasteiger partial charge in [0.15, 0.2) is 12.4 Å². The Kier molecular flexibility index (Phi) is 7.44. The van der Waals surface area contributed by atoms with Gasteiger partial charge in [0.25, 0.3) is 5.91 Å². The van der Waals surface area contributed by atoms with Crippen molar-refractivity contribution < 1.29 is 19.1 Å². The zero-order chi connectivity index (χ0) is 18.2. The van der Waals surface area contributed by atoms with Crippen LogP contribution in [0.25, 0.3) is 0 Å². The van der Waals surface area contributed by atoms with Crippen LogP contribution in [0, 0.1) is 5.92 Å². The number of carbonyl (C=O) groups excluding carboxylic acids is 3. The average Bonchev–Trinajstić information content (AvgIpc) is 2.60. The van der Waals surface area contributed by atoms with Gasteiger partial charge >= 0.3 is 5.97 Å². The molecule has 1 amide bonds. The Bertz CT molecular complexity index is 614. The van der Waals surface area contributed by atoms with Crippen LogP contribution in [-0.2, 0) is 14.3 Å². The van der Waals surface area contributed by atoms with E-state index in [4.69, 9.17) is 16.3 Å². The molecule has 0 aromatic heterocycles. The first kappa shape index (κ1) is 19.4. The lowest BCUT2D eigenvalue weighted by Gasteiger charge is -2.29. The molecule has 0 spiro atoms. The van der Waals surface area contributed by atoms with Crippen molar-refractivity contribution in [2.75, 3.05) is 6.61 Å². The molecule has 1 N–H and O–H groups in total. The smallest absolute Gasteiger partial charge is 0.306 e. The van der Waals surface area contributed by atoms with Crippen LogP contribution >= 0.6 is 11.6 Å². The monoisotopic (exact) mass is 365 g/mol. The minimum Gasteiger partial charge on any atom is -0.456 e. The van der Waals surface area contributed by atoms with Crippen molar-refractivity contribution in [2.24, 2.45) is 5.92 Å². The van der Waals surface area contributed by atoms with Crippen LogP contribution in [0.15, 0.2) is 24.3 Å². The number of halogens is 1. The van der Waals surface area contributed by atoms with Gasteiger partial charge in [-0.05, 0) is 43.0 Å². The molecule has 0 aliphatic heterocycles. The second-order valence-electron chi connectivity index (χ2n) is 6.53. The summed E-state index contributed by atoms with van der Waals surface area (Å²) in [6.45, 7) is 1.83. The minimum absolute atomic E-state index is 0.0434. The topological polar surface area (TPSA) is 72.5 Å². The molecule has 25 heavy (non-hydrogen) atoms. The highest BCUT2D eigenvalue weighted by Crippen LogP contribution is 2.23. The van der Waals surface area contributed by atoms with Crippen LogP contribution < -0.4 is 5.32 Å². The molecule has 1 aromatic rings. The van der Waals surface area contributed by atoms with Crippen LogP contribution in [0.4, 0.5) is 0 Å². The second kappa shape index (κ2) is 9.56. The van der Waals surface area contributed by atoms with Gasteiger partial charge in [0, 0.05) is 23.0 Å². The lowest BCUT2D eigenvalue weighted by Crippen LogP contribution is -2.42. The number of amides is 1. The lowest BCUT2D eigenvalue weighted by molar-refractivity contribution is -0.148. The van der Waals surface area contributed by atoms with Gasteiger partial charge < -0.3 is 10.1 Å². The summed E-state index contributed by atoms with van der Waals surface area (Å²) in [7, 11) is 0. The third-order valence-electron chi connectivity index (χ3n) is 4.54. The van der Waals surface area contributed by atoms with E-state index in [9.17, 15) is 14.4 Å². The molecule has 5 nitrogen and oxygen atoms in total. The van der Waals surface area contributed by atoms with Crippen molar-refractivity contribution in [3.05, 3.63) is 34.9 Å². The van der Waals surface area contributed by atoms with Crippen LogP contribution in [0.1, 0.15) is 55.8 Å². The van der Waals surface area contributed by atoms with E-state index < -0.39 is 5.97 Å². The summed E-state index contributed by atoms with van der Waals surface area (Å²) in [4.78, 5) is 35.6. The van der Waals surface area contributed by atoms with Gasteiger partial charge in [0.05, 0.1) is 6.42 Å². The number of esters is 1. The first-order valence-electron chi connectivity index (χ1n) is 8.69. The minimum atomic E-state index is -0.547. The van der Waals surface area contributed by atoms with Crippen LogP contribution in [0.2, 0.25) is 5.02 Å². The third-order valence-corrected chi connectivity index (χ3v) is 4.80. The summed E-state index contributed by atoms with van der Waals surface area (Å²) in [5, 5.41) is 3.47. The summed E-state index contributed by atoms with van der Waals surface area (Å²) < 4.78 is 4.96. The normalized spacial score (nSPS) is 19.9. The predicted octanol–water partition coefficient (Wildman–Crippen LogP) is 3.54. The summed E-state index contributed by atoms with van der Waals surface area (Å²) in [5.74, 6) is -0.537. The summed E-state index contributed by atoms with van der Waals surface area (Å²) in [6, 6.07) is 6.66. The predicted molar refractivity (Wildman–Crippen MR) is 95.5 cm³/mol. The molecule has 0 heterocycles. The number of nitrogens with one attached hydrogen (secondary N) is 1.